The largest absolute Gasteiger partial charge is 0.464 e. The normalized spacial score (nSPS) is 45.3. The number of carbonyl (C=O) groups is 3. The first-order valence-corrected chi connectivity index (χ1v) is 18.1. The van der Waals surface area contributed by atoms with Gasteiger partial charge in [0.2, 0.25) is 0 Å². The fourth-order valence-electron chi connectivity index (χ4n) is 11.6. The summed E-state index contributed by atoms with van der Waals surface area (Å²) in [5.41, 5.74) is -0.747. The summed E-state index contributed by atoms with van der Waals surface area (Å²) in [6.07, 6.45) is 8.23. The van der Waals surface area contributed by atoms with E-state index >= 15 is 0 Å². The molecule has 0 amide bonds. The van der Waals surface area contributed by atoms with E-state index in [-0.39, 0.29) is 69.2 Å². The average molecular weight is 715 g/mol. The second kappa shape index (κ2) is 10.7. The molecule has 0 aromatic rings. The first kappa shape index (κ1) is 32.7. The van der Waals surface area contributed by atoms with Crippen molar-refractivity contribution in [1.29, 1.82) is 0 Å². The Morgan fingerprint density at radius 2 is 1.60 bits per heavy atom. The Labute approximate surface area is 269 Å². The van der Waals surface area contributed by atoms with Crippen molar-refractivity contribution in [2.24, 2.45) is 45.3 Å². The fraction of sp³-hybridized carbons (Fsp3) is 0.853. The second-order valence-corrected chi connectivity index (χ2v) is 17.1. The van der Waals surface area contributed by atoms with Crippen molar-refractivity contribution in [3.63, 3.8) is 0 Å². The predicted molar refractivity (Wildman–Crippen MR) is 169 cm³/mol. The molecule has 42 heavy (non-hydrogen) atoms. The minimum absolute atomic E-state index is 0.0257. The van der Waals surface area contributed by atoms with Crippen LogP contribution in [-0.2, 0) is 28.6 Å². The van der Waals surface area contributed by atoms with E-state index in [0.717, 1.165) is 44.1 Å². The number of hydrogen-bond donors (Lipinski definition) is 0. The van der Waals surface area contributed by atoms with Crippen LogP contribution in [0.5, 0.6) is 0 Å². The molecule has 0 bridgehead atoms. The molecule has 0 saturated heterocycles. The van der Waals surface area contributed by atoms with Gasteiger partial charge < -0.3 is 14.2 Å². The van der Waals surface area contributed by atoms with Gasteiger partial charge in [-0.05, 0) is 100 Å². The minimum Gasteiger partial charge on any atom is -0.464 e. The molecule has 5 aliphatic rings. The Balaban J connectivity index is 1.55. The van der Waals surface area contributed by atoms with Crippen LogP contribution in [-0.4, -0.2) is 52.3 Å². The number of fused-ring (bicyclic) bond motifs is 5. The topological polar surface area (TPSA) is 78.9 Å². The molecule has 236 valence electrons. The molecule has 8 heteroatoms. The number of hydrogen-bond acceptors (Lipinski definition) is 6. The Morgan fingerprint density at radius 1 is 0.929 bits per heavy atom. The van der Waals surface area contributed by atoms with Gasteiger partial charge in [0, 0.05) is 17.3 Å². The number of Topliss-reactive ketones (excluding diaryl/α,β-unsaturated/α-hetero) is 1. The van der Waals surface area contributed by atoms with Crippen LogP contribution in [0.25, 0.3) is 0 Å². The van der Waals surface area contributed by atoms with Gasteiger partial charge in [0.05, 0.1) is 23.7 Å². The summed E-state index contributed by atoms with van der Waals surface area (Å²) in [5, 5.41) is 0.355. The highest BCUT2D eigenvalue weighted by Gasteiger charge is 2.74. The van der Waals surface area contributed by atoms with Crippen molar-refractivity contribution in [2.75, 3.05) is 17.3 Å². The SMILES string of the molecule is CC1=CC(C)(C)OC1(C)C1C(=O)CC2(COC(=O)CBr)C1CCC1C3(C)CCC(OC(=O)CBr)C(C)(C)C3CCC12C. The predicted octanol–water partition coefficient (Wildman–Crippen LogP) is 7.59. The minimum atomic E-state index is -0.671. The van der Waals surface area contributed by atoms with Crippen molar-refractivity contribution >= 4 is 49.6 Å². The maximum atomic E-state index is 14.4. The van der Waals surface area contributed by atoms with E-state index in [1.54, 1.807) is 0 Å². The monoisotopic (exact) mass is 712 g/mol. The van der Waals surface area contributed by atoms with Crippen molar-refractivity contribution < 1.29 is 28.6 Å². The molecule has 4 fully saturated rings. The fourth-order valence-corrected chi connectivity index (χ4v) is 11.9. The van der Waals surface area contributed by atoms with Crippen LogP contribution in [0.2, 0.25) is 0 Å². The van der Waals surface area contributed by atoms with Crippen LogP contribution >= 0.6 is 31.9 Å². The lowest BCUT2D eigenvalue weighted by atomic mass is 9.35. The van der Waals surface area contributed by atoms with Gasteiger partial charge >= 0.3 is 11.9 Å². The van der Waals surface area contributed by atoms with Gasteiger partial charge in [-0.25, -0.2) is 0 Å². The van der Waals surface area contributed by atoms with E-state index < -0.39 is 16.6 Å². The van der Waals surface area contributed by atoms with Gasteiger partial charge in [-0.1, -0.05) is 65.6 Å². The first-order valence-electron chi connectivity index (χ1n) is 15.8. The maximum absolute atomic E-state index is 14.4. The van der Waals surface area contributed by atoms with E-state index in [4.69, 9.17) is 14.2 Å². The number of esters is 2. The van der Waals surface area contributed by atoms with Gasteiger partial charge in [-0.15, -0.1) is 0 Å². The number of ether oxygens (including phenoxy) is 3. The lowest BCUT2D eigenvalue weighted by Gasteiger charge is -2.70. The molecule has 4 aliphatic carbocycles. The molecule has 5 rings (SSSR count). The summed E-state index contributed by atoms with van der Waals surface area (Å²) in [6, 6.07) is 0. The zero-order chi connectivity index (χ0) is 31.1. The van der Waals surface area contributed by atoms with Gasteiger partial charge in [-0.2, -0.15) is 0 Å². The molecule has 9 unspecified atom stereocenters. The molecular formula is C34H50Br2O6. The summed E-state index contributed by atoms with van der Waals surface area (Å²) in [7, 11) is 0. The van der Waals surface area contributed by atoms with E-state index in [2.05, 4.69) is 93.3 Å². The zero-order valence-corrected chi connectivity index (χ0v) is 29.9. The number of carbonyl (C=O) groups excluding carboxylic acids is 3. The molecule has 4 saturated carbocycles. The van der Waals surface area contributed by atoms with Crippen molar-refractivity contribution in [2.45, 2.75) is 118 Å². The van der Waals surface area contributed by atoms with Gasteiger partial charge in [-0.3, -0.25) is 14.4 Å². The maximum Gasteiger partial charge on any atom is 0.316 e. The number of ketones is 1. The molecule has 1 heterocycles. The second-order valence-electron chi connectivity index (χ2n) is 15.9. The third kappa shape index (κ3) is 4.65. The molecule has 0 radical (unpaired) electrons. The summed E-state index contributed by atoms with van der Waals surface area (Å²) < 4.78 is 18.8. The highest BCUT2D eigenvalue weighted by Crippen LogP contribution is 2.76. The van der Waals surface area contributed by atoms with Crippen molar-refractivity contribution in [3.8, 4) is 0 Å². The standard InChI is InChI=1S/C34H50Br2O6/c1-20-15-29(2,3)42-33(20,8)28-21-9-10-24-31(6)13-12-25(41-27(39)18-36)30(4,5)23(31)11-14-32(24,7)34(21,16-22(28)37)19-40-26(38)17-35/h15,21,23-25,28H,9-14,16-19H2,1-8H3. The van der Waals surface area contributed by atoms with Crippen LogP contribution in [0, 0.1) is 45.3 Å². The molecule has 0 aromatic heterocycles. The third-order valence-electron chi connectivity index (χ3n) is 13.2. The first-order chi connectivity index (χ1) is 19.4. The third-order valence-corrected chi connectivity index (χ3v) is 14.2. The van der Waals surface area contributed by atoms with Gasteiger partial charge in [0.15, 0.2) is 0 Å². The van der Waals surface area contributed by atoms with Crippen LogP contribution < -0.4 is 0 Å². The highest BCUT2D eigenvalue weighted by molar-refractivity contribution is 9.09. The lowest BCUT2D eigenvalue weighted by molar-refractivity contribution is -0.242. The van der Waals surface area contributed by atoms with E-state index in [1.807, 2.05) is 0 Å². The number of halogens is 2. The molecule has 0 N–H and O–H groups in total. The molecule has 0 aromatic carbocycles. The zero-order valence-electron chi connectivity index (χ0n) is 26.7. The van der Waals surface area contributed by atoms with Gasteiger partial charge in [0.25, 0.3) is 0 Å². The van der Waals surface area contributed by atoms with Crippen LogP contribution in [0.4, 0.5) is 0 Å². The Kier molecular flexibility index (Phi) is 8.30. The van der Waals surface area contributed by atoms with Gasteiger partial charge in [0.1, 0.15) is 22.5 Å². The van der Waals surface area contributed by atoms with E-state index in [0.29, 0.717) is 18.3 Å². The van der Waals surface area contributed by atoms with E-state index in [9.17, 15) is 14.4 Å². The number of alkyl halides is 2. The Bertz CT molecular complexity index is 1180. The quantitative estimate of drug-likeness (QED) is 0.160. The summed E-state index contributed by atoms with van der Waals surface area (Å²) in [4.78, 5) is 39.3. The summed E-state index contributed by atoms with van der Waals surface area (Å²) >= 11 is 6.55. The molecule has 6 nitrogen and oxygen atoms in total. The number of rotatable bonds is 6. The van der Waals surface area contributed by atoms with Crippen LogP contribution in [0.3, 0.4) is 0 Å². The van der Waals surface area contributed by atoms with Crippen LogP contribution in [0.1, 0.15) is 100 Å². The molecule has 9 atom stereocenters. The highest BCUT2D eigenvalue weighted by atomic mass is 79.9. The summed E-state index contributed by atoms with van der Waals surface area (Å²) in [6.45, 7) is 18.1. The van der Waals surface area contributed by atoms with Crippen molar-refractivity contribution in [1.82, 2.24) is 0 Å². The average Bonchev–Trinajstić information content (AvgIpc) is 3.32. The molecule has 0 spiro atoms. The molecular weight excluding hydrogens is 664 g/mol. The van der Waals surface area contributed by atoms with Crippen molar-refractivity contribution in [3.05, 3.63) is 11.6 Å². The Hall–Kier alpha value is -0.730. The molecule has 1 aliphatic heterocycles. The smallest absolute Gasteiger partial charge is 0.316 e. The van der Waals surface area contributed by atoms with E-state index in [1.165, 1.54) is 0 Å². The summed E-state index contributed by atoms with van der Waals surface area (Å²) in [5.74, 6) is 0.336. The Morgan fingerprint density at radius 3 is 2.19 bits per heavy atom. The van der Waals surface area contributed by atoms with Crippen LogP contribution in [0.15, 0.2) is 11.6 Å². The lowest BCUT2D eigenvalue weighted by Crippen LogP contribution is -2.66.